The highest BCUT2D eigenvalue weighted by molar-refractivity contribution is 9.10. The van der Waals surface area contributed by atoms with E-state index in [0.717, 1.165) is 22.9 Å². The summed E-state index contributed by atoms with van der Waals surface area (Å²) in [5.41, 5.74) is 6.71. The summed E-state index contributed by atoms with van der Waals surface area (Å²) in [7, 11) is 0. The minimum absolute atomic E-state index is 0.193. The molecule has 0 aromatic carbocycles. The molecule has 0 saturated heterocycles. The van der Waals surface area contributed by atoms with Crippen LogP contribution in [0.4, 0.5) is 0 Å². The van der Waals surface area contributed by atoms with Crippen molar-refractivity contribution in [1.82, 2.24) is 15.1 Å². The second kappa shape index (κ2) is 5.37. The van der Waals surface area contributed by atoms with Crippen LogP contribution in [0.15, 0.2) is 27.5 Å². The zero-order valence-electron chi connectivity index (χ0n) is 9.43. The number of pyridine rings is 1. The van der Waals surface area contributed by atoms with Crippen molar-refractivity contribution in [2.75, 3.05) is 0 Å². The Balaban J connectivity index is 2.23. The van der Waals surface area contributed by atoms with Crippen LogP contribution >= 0.6 is 15.9 Å². The average molecular weight is 297 g/mol. The lowest BCUT2D eigenvalue weighted by atomic mass is 10.2. The highest BCUT2D eigenvalue weighted by atomic mass is 79.9. The fourth-order valence-corrected chi connectivity index (χ4v) is 1.84. The van der Waals surface area contributed by atoms with Crippen molar-refractivity contribution in [1.29, 1.82) is 0 Å². The van der Waals surface area contributed by atoms with E-state index in [1.807, 2.05) is 6.07 Å². The van der Waals surface area contributed by atoms with Gasteiger partial charge in [0.2, 0.25) is 11.7 Å². The smallest absolute Gasteiger partial charge is 0.243 e. The summed E-state index contributed by atoms with van der Waals surface area (Å²) >= 11 is 3.35. The lowest BCUT2D eigenvalue weighted by molar-refractivity contribution is 0.348. The molecule has 0 radical (unpaired) electrons. The van der Waals surface area contributed by atoms with Crippen LogP contribution in [0.3, 0.4) is 0 Å². The third kappa shape index (κ3) is 2.89. The summed E-state index contributed by atoms with van der Waals surface area (Å²) in [4.78, 5) is 8.33. The first kappa shape index (κ1) is 12.2. The molecule has 2 aromatic heterocycles. The van der Waals surface area contributed by atoms with Gasteiger partial charge in [-0.2, -0.15) is 4.98 Å². The van der Waals surface area contributed by atoms with Crippen LogP contribution in [0, 0.1) is 0 Å². The van der Waals surface area contributed by atoms with Gasteiger partial charge in [-0.3, -0.25) is 4.98 Å². The van der Waals surface area contributed by atoms with E-state index in [0.29, 0.717) is 11.7 Å². The number of aromatic nitrogens is 3. The summed E-state index contributed by atoms with van der Waals surface area (Å²) in [6, 6.07) is 1.69. The number of nitrogens with two attached hydrogens (primary N) is 1. The van der Waals surface area contributed by atoms with Crippen molar-refractivity contribution in [3.8, 4) is 11.4 Å². The lowest BCUT2D eigenvalue weighted by Gasteiger charge is -2.02. The molecule has 2 heterocycles. The van der Waals surface area contributed by atoms with E-state index >= 15 is 0 Å². The maximum absolute atomic E-state index is 5.91. The van der Waals surface area contributed by atoms with Gasteiger partial charge >= 0.3 is 0 Å². The van der Waals surface area contributed by atoms with Crippen LogP contribution < -0.4 is 5.73 Å². The Labute approximate surface area is 108 Å². The highest BCUT2D eigenvalue weighted by Gasteiger charge is 2.15. The summed E-state index contributed by atoms with van der Waals surface area (Å²) in [6.07, 6.45) is 5.20. The van der Waals surface area contributed by atoms with E-state index in [1.165, 1.54) is 0 Å². The van der Waals surface area contributed by atoms with E-state index in [-0.39, 0.29) is 6.04 Å². The zero-order valence-corrected chi connectivity index (χ0v) is 11.0. The van der Waals surface area contributed by atoms with Gasteiger partial charge in [-0.25, -0.2) is 0 Å². The quantitative estimate of drug-likeness (QED) is 0.938. The van der Waals surface area contributed by atoms with Gasteiger partial charge in [0.1, 0.15) is 0 Å². The topological polar surface area (TPSA) is 77.8 Å². The average Bonchev–Trinajstić information content (AvgIpc) is 2.78. The van der Waals surface area contributed by atoms with E-state index < -0.39 is 0 Å². The molecular formula is C11H13BrN4O. The number of hydrogen-bond acceptors (Lipinski definition) is 5. The van der Waals surface area contributed by atoms with Gasteiger partial charge in [0.25, 0.3) is 0 Å². The molecule has 0 bridgehead atoms. The van der Waals surface area contributed by atoms with Gasteiger partial charge in [0, 0.05) is 22.4 Å². The lowest BCUT2D eigenvalue weighted by Crippen LogP contribution is -2.09. The van der Waals surface area contributed by atoms with Crippen molar-refractivity contribution in [3.63, 3.8) is 0 Å². The molecule has 5 nitrogen and oxygen atoms in total. The molecule has 0 spiro atoms. The first-order valence-electron chi connectivity index (χ1n) is 5.40. The maximum atomic E-state index is 5.91. The molecule has 17 heavy (non-hydrogen) atoms. The molecule has 0 aliphatic heterocycles. The third-order valence-electron chi connectivity index (χ3n) is 2.32. The Morgan fingerprint density at radius 1 is 1.47 bits per heavy atom. The van der Waals surface area contributed by atoms with Gasteiger partial charge in [-0.15, -0.1) is 0 Å². The SMILES string of the molecule is CCC[C@H](N)c1nc(-c2cncc(Br)c2)no1. The van der Waals surface area contributed by atoms with Gasteiger partial charge in [0.15, 0.2) is 0 Å². The van der Waals surface area contributed by atoms with Crippen molar-refractivity contribution < 1.29 is 4.52 Å². The monoisotopic (exact) mass is 296 g/mol. The van der Waals surface area contributed by atoms with Crippen LogP contribution in [0.2, 0.25) is 0 Å². The largest absolute Gasteiger partial charge is 0.337 e. The van der Waals surface area contributed by atoms with Crippen molar-refractivity contribution >= 4 is 15.9 Å². The van der Waals surface area contributed by atoms with Gasteiger partial charge < -0.3 is 10.3 Å². The molecule has 2 rings (SSSR count). The molecule has 0 fully saturated rings. The van der Waals surface area contributed by atoms with E-state index in [1.54, 1.807) is 12.4 Å². The Hall–Kier alpha value is -1.27. The standard InChI is InChI=1S/C11H13BrN4O/c1-2-3-9(13)11-15-10(16-17-11)7-4-8(12)6-14-5-7/h4-6,9H,2-3,13H2,1H3/t9-/m0/s1. The van der Waals surface area contributed by atoms with Crippen LogP contribution in [0.1, 0.15) is 31.7 Å². The molecular weight excluding hydrogens is 284 g/mol. The van der Waals surface area contributed by atoms with E-state index in [2.05, 4.69) is 38.0 Å². The Bertz CT molecular complexity index is 500. The molecule has 0 unspecified atom stereocenters. The van der Waals surface area contributed by atoms with Gasteiger partial charge in [0.05, 0.1) is 6.04 Å². The molecule has 0 amide bonds. The van der Waals surface area contributed by atoms with E-state index in [4.69, 9.17) is 10.3 Å². The molecule has 90 valence electrons. The molecule has 0 aliphatic rings. The Morgan fingerprint density at radius 3 is 3.00 bits per heavy atom. The number of nitrogens with zero attached hydrogens (tertiary/aromatic N) is 3. The summed E-state index contributed by atoms with van der Waals surface area (Å²) < 4.78 is 6.02. The fraction of sp³-hybridized carbons (Fsp3) is 0.364. The normalized spacial score (nSPS) is 12.6. The Kier molecular flexibility index (Phi) is 3.86. The van der Waals surface area contributed by atoms with Crippen molar-refractivity contribution in [2.24, 2.45) is 5.73 Å². The molecule has 6 heteroatoms. The molecule has 2 N–H and O–H groups in total. The first-order valence-corrected chi connectivity index (χ1v) is 6.20. The number of hydrogen-bond donors (Lipinski definition) is 1. The zero-order chi connectivity index (χ0) is 12.3. The van der Waals surface area contributed by atoms with Crippen LogP contribution in [0.5, 0.6) is 0 Å². The summed E-state index contributed by atoms with van der Waals surface area (Å²) in [5.74, 6) is 0.988. The molecule has 2 aromatic rings. The predicted molar refractivity (Wildman–Crippen MR) is 67.1 cm³/mol. The number of rotatable bonds is 4. The summed E-state index contributed by atoms with van der Waals surface area (Å²) in [6.45, 7) is 2.06. The van der Waals surface area contributed by atoms with Crippen LogP contribution in [-0.4, -0.2) is 15.1 Å². The predicted octanol–water partition coefficient (Wildman–Crippen LogP) is 2.69. The molecule has 0 aliphatic carbocycles. The second-order valence-electron chi connectivity index (χ2n) is 3.74. The van der Waals surface area contributed by atoms with Gasteiger partial charge in [-0.1, -0.05) is 18.5 Å². The first-order chi connectivity index (χ1) is 8.20. The summed E-state index contributed by atoms with van der Waals surface area (Å²) in [5, 5.41) is 3.90. The van der Waals surface area contributed by atoms with Gasteiger partial charge in [-0.05, 0) is 28.4 Å². The fourth-order valence-electron chi connectivity index (χ4n) is 1.47. The second-order valence-corrected chi connectivity index (χ2v) is 4.66. The minimum Gasteiger partial charge on any atom is -0.337 e. The minimum atomic E-state index is -0.193. The third-order valence-corrected chi connectivity index (χ3v) is 2.76. The molecule has 0 saturated carbocycles. The van der Waals surface area contributed by atoms with Crippen molar-refractivity contribution in [3.05, 3.63) is 28.8 Å². The van der Waals surface area contributed by atoms with E-state index in [9.17, 15) is 0 Å². The Morgan fingerprint density at radius 2 is 2.29 bits per heavy atom. The van der Waals surface area contributed by atoms with Crippen molar-refractivity contribution in [2.45, 2.75) is 25.8 Å². The van der Waals surface area contributed by atoms with Crippen LogP contribution in [-0.2, 0) is 0 Å². The van der Waals surface area contributed by atoms with Crippen LogP contribution in [0.25, 0.3) is 11.4 Å². The highest BCUT2D eigenvalue weighted by Crippen LogP contribution is 2.21. The molecule has 1 atom stereocenters. The number of halogens is 1. The maximum Gasteiger partial charge on any atom is 0.243 e.